The van der Waals surface area contributed by atoms with Crippen LogP contribution in [0, 0.1) is 12.7 Å². The van der Waals surface area contributed by atoms with Gasteiger partial charge in [-0.1, -0.05) is 12.1 Å². The lowest BCUT2D eigenvalue weighted by atomic mass is 9.77. The summed E-state index contributed by atoms with van der Waals surface area (Å²) in [7, 11) is 1.49. The summed E-state index contributed by atoms with van der Waals surface area (Å²) < 4.78 is 21.0. The molecule has 0 unspecified atom stereocenters. The van der Waals surface area contributed by atoms with Crippen LogP contribution in [-0.2, 0) is 6.42 Å². The van der Waals surface area contributed by atoms with Crippen LogP contribution >= 0.6 is 11.3 Å². The molecular weight excluding hydrogens is 515 g/mol. The zero-order chi connectivity index (χ0) is 27.1. The van der Waals surface area contributed by atoms with Crippen molar-refractivity contribution in [3.05, 3.63) is 76.5 Å². The molecule has 0 aliphatic heterocycles. The molecular formula is C30H29FN4O3S. The van der Waals surface area contributed by atoms with Crippen molar-refractivity contribution in [3.8, 4) is 17.0 Å². The molecule has 3 N–H and O–H groups in total. The van der Waals surface area contributed by atoms with E-state index in [9.17, 15) is 14.3 Å². The highest BCUT2D eigenvalue weighted by molar-refractivity contribution is 7.18. The molecule has 2 aromatic heterocycles. The van der Waals surface area contributed by atoms with E-state index < -0.39 is 11.4 Å². The van der Waals surface area contributed by atoms with Gasteiger partial charge in [-0.3, -0.25) is 9.89 Å². The van der Waals surface area contributed by atoms with Crippen LogP contribution in [0.4, 0.5) is 4.39 Å². The summed E-state index contributed by atoms with van der Waals surface area (Å²) in [6.45, 7) is 1.99. The second-order valence-corrected chi connectivity index (χ2v) is 11.6. The summed E-state index contributed by atoms with van der Waals surface area (Å²) in [6, 6.07) is 16.0. The SMILES string of the molecule is COc1cccc(F)c1C[C@]1(O)CCC[C@@H](NC(=O)c2ccc3[nH]nc(-c4ccc5nc(C)sc5c4)c3c2)C1. The second-order valence-electron chi connectivity index (χ2n) is 10.3. The number of nitrogens with one attached hydrogen (secondary N) is 2. The van der Waals surface area contributed by atoms with E-state index in [0.29, 0.717) is 29.7 Å². The Kier molecular flexibility index (Phi) is 6.56. The van der Waals surface area contributed by atoms with E-state index in [1.165, 1.54) is 13.2 Å². The van der Waals surface area contributed by atoms with Crippen LogP contribution in [0.1, 0.15) is 46.6 Å². The summed E-state index contributed by atoms with van der Waals surface area (Å²) in [6.07, 6.45) is 2.47. The van der Waals surface area contributed by atoms with Crippen molar-refractivity contribution >= 4 is 38.4 Å². The zero-order valence-corrected chi connectivity index (χ0v) is 22.6. The van der Waals surface area contributed by atoms with Crippen LogP contribution in [0.5, 0.6) is 5.75 Å². The number of aliphatic hydroxyl groups is 1. The lowest BCUT2D eigenvalue weighted by Gasteiger charge is -2.37. The first-order chi connectivity index (χ1) is 18.8. The highest BCUT2D eigenvalue weighted by atomic mass is 32.1. The Labute approximate surface area is 229 Å². The first-order valence-corrected chi connectivity index (χ1v) is 13.8. The number of rotatable bonds is 6. The van der Waals surface area contributed by atoms with E-state index in [2.05, 4.69) is 26.6 Å². The van der Waals surface area contributed by atoms with Crippen molar-refractivity contribution in [2.75, 3.05) is 7.11 Å². The summed E-state index contributed by atoms with van der Waals surface area (Å²) in [4.78, 5) is 17.8. The van der Waals surface area contributed by atoms with Crippen LogP contribution in [-0.4, -0.2) is 44.9 Å². The Morgan fingerprint density at radius 3 is 2.97 bits per heavy atom. The molecule has 9 heteroatoms. The fraction of sp³-hybridized carbons (Fsp3) is 0.300. The maximum absolute atomic E-state index is 14.6. The number of hydrogen-bond acceptors (Lipinski definition) is 6. The molecule has 1 aliphatic rings. The number of amides is 1. The Hall–Kier alpha value is -3.82. The minimum Gasteiger partial charge on any atom is -0.496 e. The highest BCUT2D eigenvalue weighted by Crippen LogP contribution is 2.36. The van der Waals surface area contributed by atoms with E-state index in [1.807, 2.05) is 31.2 Å². The van der Waals surface area contributed by atoms with Crippen molar-refractivity contribution in [1.29, 1.82) is 0 Å². The third-order valence-corrected chi connectivity index (χ3v) is 8.49. The summed E-state index contributed by atoms with van der Waals surface area (Å²) in [5.74, 6) is -0.193. The number of methoxy groups -OCH3 is 1. The van der Waals surface area contributed by atoms with Gasteiger partial charge in [0, 0.05) is 34.5 Å². The molecule has 0 saturated heterocycles. The van der Waals surface area contributed by atoms with Crippen molar-refractivity contribution in [2.45, 2.75) is 50.7 Å². The maximum Gasteiger partial charge on any atom is 0.251 e. The van der Waals surface area contributed by atoms with Crippen molar-refractivity contribution in [3.63, 3.8) is 0 Å². The van der Waals surface area contributed by atoms with E-state index in [0.717, 1.165) is 50.2 Å². The lowest BCUT2D eigenvalue weighted by Crippen LogP contribution is -2.47. The fourth-order valence-corrected chi connectivity index (χ4v) is 6.55. The second kappa shape index (κ2) is 10.1. The minimum absolute atomic E-state index is 0.128. The molecule has 1 amide bonds. The van der Waals surface area contributed by atoms with Gasteiger partial charge in [-0.15, -0.1) is 11.3 Å². The van der Waals surface area contributed by atoms with Crippen molar-refractivity contribution in [1.82, 2.24) is 20.5 Å². The van der Waals surface area contributed by atoms with Gasteiger partial charge >= 0.3 is 0 Å². The number of hydrogen-bond donors (Lipinski definition) is 3. The number of halogens is 1. The number of benzene rings is 3. The van der Waals surface area contributed by atoms with Gasteiger partial charge in [0.15, 0.2) is 0 Å². The van der Waals surface area contributed by atoms with Gasteiger partial charge in [-0.25, -0.2) is 9.37 Å². The van der Waals surface area contributed by atoms with Crippen LogP contribution < -0.4 is 10.1 Å². The van der Waals surface area contributed by atoms with Crippen molar-refractivity contribution in [2.24, 2.45) is 0 Å². The third-order valence-electron chi connectivity index (χ3n) is 7.55. The van der Waals surface area contributed by atoms with Crippen LogP contribution in [0.3, 0.4) is 0 Å². The number of nitrogens with zero attached hydrogens (tertiary/aromatic N) is 2. The van der Waals surface area contributed by atoms with Gasteiger partial charge in [0.1, 0.15) is 11.6 Å². The molecule has 1 saturated carbocycles. The average molecular weight is 545 g/mol. The Morgan fingerprint density at radius 2 is 2.13 bits per heavy atom. The quantitative estimate of drug-likeness (QED) is 0.246. The van der Waals surface area contributed by atoms with Gasteiger partial charge in [0.05, 0.1) is 39.1 Å². The Balaban J connectivity index is 1.21. The molecule has 2 heterocycles. The number of aromatic amines is 1. The standard InChI is InChI=1S/C30H29FN4O3S/c1-17-32-25-11-8-18(14-27(25)39-17)28-21-13-19(9-10-24(21)34-35-28)29(36)33-20-5-4-12-30(37,15-20)16-22-23(31)6-3-7-26(22)38-2/h3,6-11,13-14,20,37H,4-5,12,15-16H2,1-2H3,(H,33,36)(H,34,35)/t20-,30+/m1/s1. The third kappa shape index (κ3) is 4.99. The van der Waals surface area contributed by atoms with Gasteiger partial charge in [-0.05, 0) is 75.1 Å². The zero-order valence-electron chi connectivity index (χ0n) is 21.8. The number of carbonyl (C=O) groups is 1. The average Bonchev–Trinajstić information content (AvgIpc) is 3.51. The summed E-state index contributed by atoms with van der Waals surface area (Å²) >= 11 is 1.64. The molecule has 3 aromatic carbocycles. The maximum atomic E-state index is 14.6. The topological polar surface area (TPSA) is 100 Å². The van der Waals surface area contributed by atoms with Gasteiger partial charge in [0.2, 0.25) is 0 Å². The van der Waals surface area contributed by atoms with E-state index in [1.54, 1.807) is 29.5 Å². The minimum atomic E-state index is -1.14. The number of fused-ring (bicyclic) bond motifs is 2. The fourth-order valence-electron chi connectivity index (χ4n) is 5.69. The number of aromatic nitrogens is 3. The molecule has 0 radical (unpaired) electrons. The first kappa shape index (κ1) is 25.5. The van der Waals surface area contributed by atoms with Gasteiger partial charge in [0.25, 0.3) is 5.91 Å². The number of thiazole rings is 1. The summed E-state index contributed by atoms with van der Waals surface area (Å²) in [5, 5.41) is 24.0. The molecule has 0 spiro atoms. The Morgan fingerprint density at radius 1 is 1.26 bits per heavy atom. The van der Waals surface area contributed by atoms with Gasteiger partial charge in [-0.2, -0.15) is 5.10 Å². The first-order valence-electron chi connectivity index (χ1n) is 13.0. The lowest BCUT2D eigenvalue weighted by molar-refractivity contribution is -0.00728. The van der Waals surface area contributed by atoms with Crippen LogP contribution in [0.2, 0.25) is 0 Å². The monoisotopic (exact) mass is 544 g/mol. The van der Waals surface area contributed by atoms with Crippen LogP contribution in [0.25, 0.3) is 32.4 Å². The van der Waals surface area contributed by atoms with E-state index in [4.69, 9.17) is 4.74 Å². The predicted molar refractivity (Wildman–Crippen MR) is 151 cm³/mol. The molecule has 39 heavy (non-hydrogen) atoms. The number of carbonyl (C=O) groups excluding carboxylic acids is 1. The Bertz CT molecular complexity index is 1700. The van der Waals surface area contributed by atoms with Crippen LogP contribution in [0.15, 0.2) is 54.6 Å². The van der Waals surface area contributed by atoms with E-state index in [-0.39, 0.29) is 18.4 Å². The highest BCUT2D eigenvalue weighted by Gasteiger charge is 2.36. The van der Waals surface area contributed by atoms with Crippen molar-refractivity contribution < 1.29 is 19.0 Å². The number of aryl methyl sites for hydroxylation is 1. The molecule has 7 nitrogen and oxygen atoms in total. The number of H-pyrrole nitrogens is 1. The number of ether oxygens (including phenoxy) is 1. The largest absolute Gasteiger partial charge is 0.496 e. The smallest absolute Gasteiger partial charge is 0.251 e. The molecule has 200 valence electrons. The molecule has 1 aliphatic carbocycles. The normalized spacial score (nSPS) is 19.4. The van der Waals surface area contributed by atoms with Gasteiger partial charge < -0.3 is 15.2 Å². The molecule has 1 fully saturated rings. The molecule has 6 rings (SSSR count). The predicted octanol–water partition coefficient (Wildman–Crippen LogP) is 5.94. The summed E-state index contributed by atoms with van der Waals surface area (Å²) in [5.41, 5.74) is 3.27. The molecule has 2 atom stereocenters. The molecule has 5 aromatic rings. The van der Waals surface area contributed by atoms with E-state index >= 15 is 0 Å². The molecule has 0 bridgehead atoms.